The highest BCUT2D eigenvalue weighted by atomic mass is 16.5. The molecule has 2 aromatic carbocycles. The van der Waals surface area contributed by atoms with E-state index in [1.807, 2.05) is 6.07 Å². The summed E-state index contributed by atoms with van der Waals surface area (Å²) < 4.78 is 10.8. The summed E-state index contributed by atoms with van der Waals surface area (Å²) in [5.74, 6) is -1.26. The second-order valence-corrected chi connectivity index (χ2v) is 6.82. The SMILES string of the molecule is COc1cccc(OC)c1/C(O)=C1\C(=O)C(=O)N(c2ccccc2)C1c1ccncc1. The van der Waals surface area contributed by atoms with Gasteiger partial charge in [-0.25, -0.2) is 0 Å². The molecule has 0 radical (unpaired) electrons. The Morgan fingerprint density at radius 3 is 2.10 bits per heavy atom. The number of anilines is 1. The molecule has 1 saturated heterocycles. The van der Waals surface area contributed by atoms with E-state index in [1.165, 1.54) is 19.1 Å². The maximum Gasteiger partial charge on any atom is 0.300 e. The molecule has 3 aromatic rings. The number of ether oxygens (including phenoxy) is 2. The zero-order valence-electron chi connectivity index (χ0n) is 17.0. The summed E-state index contributed by atoms with van der Waals surface area (Å²) in [5, 5.41) is 11.3. The molecule has 4 rings (SSSR count). The number of hydrogen-bond acceptors (Lipinski definition) is 6. The van der Waals surface area contributed by atoms with Crippen LogP contribution in [0, 0.1) is 0 Å². The Morgan fingerprint density at radius 1 is 0.903 bits per heavy atom. The predicted octanol–water partition coefficient (Wildman–Crippen LogP) is 3.73. The summed E-state index contributed by atoms with van der Waals surface area (Å²) >= 11 is 0. The van der Waals surface area contributed by atoms with Crippen molar-refractivity contribution >= 4 is 23.1 Å². The lowest BCUT2D eigenvalue weighted by Gasteiger charge is -2.25. The van der Waals surface area contributed by atoms with Crippen molar-refractivity contribution in [2.45, 2.75) is 6.04 Å². The van der Waals surface area contributed by atoms with Crippen LogP contribution in [0.15, 0.2) is 78.6 Å². The molecule has 156 valence electrons. The zero-order valence-corrected chi connectivity index (χ0v) is 17.0. The van der Waals surface area contributed by atoms with Crippen LogP contribution in [0.2, 0.25) is 0 Å². The Hall–Kier alpha value is -4.13. The Kier molecular flexibility index (Phi) is 5.41. The number of hydrogen-bond donors (Lipinski definition) is 1. The van der Waals surface area contributed by atoms with Gasteiger partial charge in [-0.3, -0.25) is 19.5 Å². The maximum absolute atomic E-state index is 13.2. The van der Waals surface area contributed by atoms with E-state index in [4.69, 9.17) is 9.47 Å². The highest BCUT2D eigenvalue weighted by molar-refractivity contribution is 6.51. The minimum Gasteiger partial charge on any atom is -0.506 e. The lowest BCUT2D eigenvalue weighted by atomic mass is 9.95. The van der Waals surface area contributed by atoms with Crippen LogP contribution >= 0.6 is 0 Å². The summed E-state index contributed by atoms with van der Waals surface area (Å²) in [6, 6.07) is 16.4. The van der Waals surface area contributed by atoms with Crippen molar-refractivity contribution in [3.8, 4) is 11.5 Å². The number of para-hydroxylation sites is 1. The number of amides is 1. The fraction of sp³-hybridized carbons (Fsp3) is 0.125. The molecule has 1 amide bonds. The number of benzene rings is 2. The van der Waals surface area contributed by atoms with Gasteiger partial charge in [0.1, 0.15) is 22.8 Å². The van der Waals surface area contributed by atoms with E-state index in [0.29, 0.717) is 22.7 Å². The molecule has 31 heavy (non-hydrogen) atoms. The van der Waals surface area contributed by atoms with Crippen LogP contribution in [0.4, 0.5) is 5.69 Å². The first-order valence-corrected chi connectivity index (χ1v) is 9.55. The highest BCUT2D eigenvalue weighted by Gasteiger charge is 2.47. The number of carbonyl (C=O) groups excluding carboxylic acids is 2. The second kappa shape index (κ2) is 8.31. The van der Waals surface area contributed by atoms with Crippen molar-refractivity contribution in [3.63, 3.8) is 0 Å². The van der Waals surface area contributed by atoms with Gasteiger partial charge >= 0.3 is 0 Å². The van der Waals surface area contributed by atoms with Crippen molar-refractivity contribution in [2.24, 2.45) is 0 Å². The monoisotopic (exact) mass is 416 g/mol. The molecule has 7 heteroatoms. The fourth-order valence-electron chi connectivity index (χ4n) is 3.77. The number of carbonyl (C=O) groups is 2. The number of ketones is 1. The molecule has 1 aromatic heterocycles. The van der Waals surface area contributed by atoms with Crippen LogP contribution in [0.1, 0.15) is 17.2 Å². The molecule has 1 fully saturated rings. The number of pyridine rings is 1. The van der Waals surface area contributed by atoms with Gasteiger partial charge in [0, 0.05) is 18.1 Å². The van der Waals surface area contributed by atoms with Gasteiger partial charge in [-0.2, -0.15) is 0 Å². The fourth-order valence-corrected chi connectivity index (χ4v) is 3.77. The van der Waals surface area contributed by atoms with Gasteiger partial charge in [-0.1, -0.05) is 24.3 Å². The summed E-state index contributed by atoms with van der Waals surface area (Å²) in [5.41, 5.74) is 1.33. The van der Waals surface area contributed by atoms with Crippen LogP contribution in [0.25, 0.3) is 5.76 Å². The topological polar surface area (TPSA) is 89.0 Å². The minimum atomic E-state index is -0.847. The standard InChI is InChI=1S/C24H20N2O5/c1-30-17-9-6-10-18(31-2)19(17)22(27)20-21(15-11-13-25-14-12-15)26(24(29)23(20)28)16-7-4-3-5-8-16/h3-14,21,27H,1-2H3/b22-20+. The van der Waals surface area contributed by atoms with Crippen molar-refractivity contribution in [1.29, 1.82) is 0 Å². The minimum absolute atomic E-state index is 0.0529. The smallest absolute Gasteiger partial charge is 0.300 e. The normalized spacial score (nSPS) is 17.6. The third-order valence-electron chi connectivity index (χ3n) is 5.17. The van der Waals surface area contributed by atoms with Crippen LogP contribution in [0.3, 0.4) is 0 Å². The van der Waals surface area contributed by atoms with Crippen LogP contribution in [-0.4, -0.2) is 36.0 Å². The van der Waals surface area contributed by atoms with Gasteiger partial charge in [0.25, 0.3) is 11.7 Å². The van der Waals surface area contributed by atoms with Gasteiger partial charge in [-0.05, 0) is 42.0 Å². The Morgan fingerprint density at radius 2 is 1.52 bits per heavy atom. The number of methoxy groups -OCH3 is 2. The molecule has 2 heterocycles. The summed E-state index contributed by atoms with van der Waals surface area (Å²) in [6.45, 7) is 0. The Balaban J connectivity index is 2.00. The average Bonchev–Trinajstić information content (AvgIpc) is 3.09. The van der Waals surface area contributed by atoms with E-state index in [-0.39, 0.29) is 16.9 Å². The second-order valence-electron chi connectivity index (χ2n) is 6.82. The summed E-state index contributed by atoms with van der Waals surface area (Å²) in [7, 11) is 2.91. The molecule has 0 spiro atoms. The van der Waals surface area contributed by atoms with Crippen LogP contribution in [0.5, 0.6) is 11.5 Å². The number of Topliss-reactive ketones (excluding diaryl/α,β-unsaturated/α-hetero) is 1. The van der Waals surface area contributed by atoms with Gasteiger partial charge in [0.05, 0.1) is 25.8 Å². The first kappa shape index (κ1) is 20.2. The van der Waals surface area contributed by atoms with Gasteiger partial charge in [0.15, 0.2) is 0 Å². The zero-order chi connectivity index (χ0) is 22.0. The quantitative estimate of drug-likeness (QED) is 0.387. The molecule has 1 aliphatic rings. The van der Waals surface area contributed by atoms with Gasteiger partial charge < -0.3 is 14.6 Å². The van der Waals surface area contributed by atoms with E-state index < -0.39 is 17.7 Å². The van der Waals surface area contributed by atoms with E-state index in [9.17, 15) is 14.7 Å². The number of aliphatic hydroxyl groups is 1. The lowest BCUT2D eigenvalue weighted by molar-refractivity contribution is -0.132. The number of aliphatic hydroxyl groups excluding tert-OH is 1. The van der Waals surface area contributed by atoms with Crippen molar-refractivity contribution in [1.82, 2.24) is 4.98 Å². The summed E-state index contributed by atoms with van der Waals surface area (Å²) in [4.78, 5) is 31.7. The molecule has 1 unspecified atom stereocenters. The lowest BCUT2D eigenvalue weighted by Crippen LogP contribution is -2.29. The van der Waals surface area contributed by atoms with Crippen molar-refractivity contribution < 1.29 is 24.2 Å². The molecular weight excluding hydrogens is 396 g/mol. The van der Waals surface area contributed by atoms with Crippen molar-refractivity contribution in [3.05, 3.63) is 89.8 Å². The van der Waals surface area contributed by atoms with Crippen LogP contribution in [-0.2, 0) is 9.59 Å². The predicted molar refractivity (Wildman–Crippen MR) is 115 cm³/mol. The Labute approximate surface area is 179 Å². The number of rotatable bonds is 5. The molecule has 1 aliphatic heterocycles. The third-order valence-corrected chi connectivity index (χ3v) is 5.17. The molecule has 0 saturated carbocycles. The number of aromatic nitrogens is 1. The van der Waals surface area contributed by atoms with E-state index in [1.54, 1.807) is 67.0 Å². The average molecular weight is 416 g/mol. The first-order valence-electron chi connectivity index (χ1n) is 9.55. The molecule has 0 bridgehead atoms. The van der Waals surface area contributed by atoms with Crippen molar-refractivity contribution in [2.75, 3.05) is 19.1 Å². The molecule has 0 aliphatic carbocycles. The summed E-state index contributed by atoms with van der Waals surface area (Å²) in [6.07, 6.45) is 3.15. The molecule has 1 N–H and O–H groups in total. The maximum atomic E-state index is 13.2. The van der Waals surface area contributed by atoms with E-state index >= 15 is 0 Å². The van der Waals surface area contributed by atoms with E-state index in [2.05, 4.69) is 4.98 Å². The largest absolute Gasteiger partial charge is 0.506 e. The Bertz CT molecular complexity index is 1140. The van der Waals surface area contributed by atoms with E-state index in [0.717, 1.165) is 0 Å². The van der Waals surface area contributed by atoms with Gasteiger partial charge in [-0.15, -0.1) is 0 Å². The first-order chi connectivity index (χ1) is 15.1. The van der Waals surface area contributed by atoms with Gasteiger partial charge in [0.2, 0.25) is 0 Å². The molecule has 1 atom stereocenters. The van der Waals surface area contributed by atoms with Crippen LogP contribution < -0.4 is 14.4 Å². The third kappa shape index (κ3) is 3.40. The molecule has 7 nitrogen and oxygen atoms in total. The highest BCUT2D eigenvalue weighted by Crippen LogP contribution is 2.44. The number of nitrogens with zero attached hydrogens (tertiary/aromatic N) is 2. The molecular formula is C24H20N2O5.